The third kappa shape index (κ3) is 3.81. The van der Waals surface area contributed by atoms with Crippen LogP contribution < -0.4 is 16.0 Å². The lowest BCUT2D eigenvalue weighted by atomic mass is 9.78. The predicted octanol–water partition coefficient (Wildman–Crippen LogP) is 1.76. The van der Waals surface area contributed by atoms with Crippen molar-refractivity contribution in [1.29, 1.82) is 0 Å². The molecule has 0 radical (unpaired) electrons. The topological polar surface area (TPSA) is 105 Å². The highest BCUT2D eigenvalue weighted by Gasteiger charge is 2.30. The summed E-state index contributed by atoms with van der Waals surface area (Å²) in [4.78, 5) is 11.9. The van der Waals surface area contributed by atoms with Crippen LogP contribution in [-0.4, -0.2) is 46.4 Å². The molecule has 2 fully saturated rings. The molecule has 3 heterocycles. The van der Waals surface area contributed by atoms with E-state index in [1.165, 1.54) is 12.8 Å². The van der Waals surface area contributed by atoms with Crippen molar-refractivity contribution in [2.45, 2.75) is 50.8 Å². The maximum Gasteiger partial charge on any atom is 0.227 e. The zero-order chi connectivity index (χ0) is 17.9. The van der Waals surface area contributed by atoms with Crippen LogP contribution in [0.4, 0.5) is 11.8 Å². The molecule has 0 amide bonds. The van der Waals surface area contributed by atoms with E-state index in [1.54, 1.807) is 7.11 Å². The zero-order valence-electron chi connectivity index (χ0n) is 15.2. The number of rotatable bonds is 7. The number of H-pyrrole nitrogens is 1. The number of anilines is 2. The molecular formula is C18H27N7O. The summed E-state index contributed by atoms with van der Waals surface area (Å²) in [7, 11) is 1.67. The van der Waals surface area contributed by atoms with Crippen molar-refractivity contribution in [3.05, 3.63) is 29.2 Å². The lowest BCUT2D eigenvalue weighted by molar-refractivity contribution is 0.181. The van der Waals surface area contributed by atoms with Crippen LogP contribution in [0, 0.1) is 0 Å². The van der Waals surface area contributed by atoms with Gasteiger partial charge >= 0.3 is 0 Å². The number of hydrogen-bond acceptors (Lipinski definition) is 7. The molecule has 4 rings (SSSR count). The molecule has 1 aliphatic heterocycles. The van der Waals surface area contributed by atoms with Crippen LogP contribution in [0.15, 0.2) is 12.1 Å². The van der Waals surface area contributed by atoms with Crippen LogP contribution in [0.3, 0.4) is 0 Å². The first-order valence-electron chi connectivity index (χ1n) is 9.36. The molecule has 1 aliphatic carbocycles. The SMILES string of the molecule is COCc1cc(CNc2cc(C3CC(N)C3)nc(N3CCCC3)n2)[nH]n1. The van der Waals surface area contributed by atoms with E-state index in [-0.39, 0.29) is 0 Å². The minimum Gasteiger partial charge on any atom is -0.378 e. The normalized spacial score (nSPS) is 22.5. The Labute approximate surface area is 153 Å². The first-order valence-corrected chi connectivity index (χ1v) is 9.36. The van der Waals surface area contributed by atoms with Gasteiger partial charge in [-0.25, -0.2) is 4.98 Å². The summed E-state index contributed by atoms with van der Waals surface area (Å²) in [5.41, 5.74) is 8.98. The monoisotopic (exact) mass is 357 g/mol. The number of nitrogens with two attached hydrogens (primary N) is 1. The van der Waals surface area contributed by atoms with E-state index in [1.807, 2.05) is 6.07 Å². The third-order valence-electron chi connectivity index (χ3n) is 5.15. The first-order chi connectivity index (χ1) is 12.7. The lowest BCUT2D eigenvalue weighted by Crippen LogP contribution is -2.35. The average Bonchev–Trinajstić information content (AvgIpc) is 3.29. The molecule has 1 saturated heterocycles. The van der Waals surface area contributed by atoms with Gasteiger partial charge in [0.2, 0.25) is 5.95 Å². The number of aromatic amines is 1. The molecule has 140 valence electrons. The van der Waals surface area contributed by atoms with Gasteiger partial charge < -0.3 is 20.7 Å². The number of ether oxygens (including phenoxy) is 1. The second-order valence-electron chi connectivity index (χ2n) is 7.27. The Bertz CT molecular complexity index is 735. The van der Waals surface area contributed by atoms with Gasteiger partial charge in [0.25, 0.3) is 0 Å². The summed E-state index contributed by atoms with van der Waals surface area (Å²) in [5, 5.41) is 10.7. The van der Waals surface area contributed by atoms with Gasteiger partial charge in [-0.15, -0.1) is 0 Å². The Hall–Kier alpha value is -2.19. The molecule has 0 bridgehead atoms. The van der Waals surface area contributed by atoms with Crippen molar-refractivity contribution in [3.8, 4) is 0 Å². The summed E-state index contributed by atoms with van der Waals surface area (Å²) < 4.78 is 5.11. The molecule has 4 N–H and O–H groups in total. The summed E-state index contributed by atoms with van der Waals surface area (Å²) in [5.74, 6) is 2.16. The highest BCUT2D eigenvalue weighted by atomic mass is 16.5. The maximum atomic E-state index is 5.98. The molecule has 26 heavy (non-hydrogen) atoms. The van der Waals surface area contributed by atoms with Gasteiger partial charge in [0.05, 0.1) is 30.2 Å². The van der Waals surface area contributed by atoms with Crippen molar-refractivity contribution in [2.24, 2.45) is 5.73 Å². The molecule has 1 saturated carbocycles. The van der Waals surface area contributed by atoms with Gasteiger partial charge in [0.1, 0.15) is 5.82 Å². The van der Waals surface area contributed by atoms with Gasteiger partial charge in [-0.1, -0.05) is 0 Å². The van der Waals surface area contributed by atoms with E-state index >= 15 is 0 Å². The van der Waals surface area contributed by atoms with Gasteiger partial charge in [-0.2, -0.15) is 10.1 Å². The molecule has 2 aromatic heterocycles. The predicted molar refractivity (Wildman–Crippen MR) is 100 cm³/mol. The van der Waals surface area contributed by atoms with Crippen molar-refractivity contribution >= 4 is 11.8 Å². The number of methoxy groups -OCH3 is 1. The fourth-order valence-electron chi connectivity index (χ4n) is 3.62. The Morgan fingerprint density at radius 3 is 2.81 bits per heavy atom. The summed E-state index contributed by atoms with van der Waals surface area (Å²) >= 11 is 0. The van der Waals surface area contributed by atoms with Gasteiger partial charge in [-0.05, 0) is 31.7 Å². The van der Waals surface area contributed by atoms with Crippen LogP contribution in [-0.2, 0) is 17.9 Å². The molecule has 8 heteroatoms. The fraction of sp³-hybridized carbons (Fsp3) is 0.611. The Morgan fingerprint density at radius 2 is 2.08 bits per heavy atom. The second kappa shape index (κ2) is 7.59. The lowest BCUT2D eigenvalue weighted by Gasteiger charge is -2.32. The zero-order valence-corrected chi connectivity index (χ0v) is 15.2. The van der Waals surface area contributed by atoms with Gasteiger partial charge in [0, 0.05) is 38.2 Å². The molecule has 0 atom stereocenters. The number of aromatic nitrogens is 4. The summed E-state index contributed by atoms with van der Waals surface area (Å²) in [6.07, 6.45) is 4.44. The van der Waals surface area contributed by atoms with E-state index in [0.717, 1.165) is 54.8 Å². The highest BCUT2D eigenvalue weighted by molar-refractivity contribution is 5.45. The minimum absolute atomic E-state index is 0.311. The summed E-state index contributed by atoms with van der Waals surface area (Å²) in [6, 6.07) is 4.39. The molecule has 0 spiro atoms. The maximum absolute atomic E-state index is 5.98. The number of hydrogen-bond donors (Lipinski definition) is 3. The molecule has 0 aromatic carbocycles. The Kier molecular flexibility index (Phi) is 5.03. The van der Waals surface area contributed by atoms with Crippen molar-refractivity contribution in [3.63, 3.8) is 0 Å². The molecule has 0 unspecified atom stereocenters. The minimum atomic E-state index is 0.311. The third-order valence-corrected chi connectivity index (χ3v) is 5.15. The van der Waals surface area contributed by atoms with E-state index in [0.29, 0.717) is 25.1 Å². The van der Waals surface area contributed by atoms with E-state index in [9.17, 15) is 0 Å². The first kappa shape index (κ1) is 17.2. The van der Waals surface area contributed by atoms with Crippen LogP contribution in [0.2, 0.25) is 0 Å². The Morgan fingerprint density at radius 1 is 1.27 bits per heavy atom. The largest absolute Gasteiger partial charge is 0.378 e. The molecule has 2 aliphatic rings. The summed E-state index contributed by atoms with van der Waals surface area (Å²) in [6.45, 7) is 3.22. The van der Waals surface area contributed by atoms with E-state index in [4.69, 9.17) is 20.4 Å². The number of nitrogens with one attached hydrogen (secondary N) is 2. The van der Waals surface area contributed by atoms with Crippen LogP contribution in [0.5, 0.6) is 0 Å². The average molecular weight is 357 g/mol. The second-order valence-corrected chi connectivity index (χ2v) is 7.27. The Balaban J connectivity index is 1.49. The molecule has 2 aromatic rings. The van der Waals surface area contributed by atoms with Crippen LogP contribution in [0.1, 0.15) is 48.7 Å². The highest BCUT2D eigenvalue weighted by Crippen LogP contribution is 2.36. The smallest absolute Gasteiger partial charge is 0.227 e. The standard InChI is InChI=1S/C18H27N7O/c1-26-11-15-8-14(23-24-15)10-20-17-9-16(12-6-13(19)7-12)21-18(22-17)25-4-2-3-5-25/h8-9,12-13H,2-7,10-11,19H2,1H3,(H,23,24)(H,20,21,22). The van der Waals surface area contributed by atoms with Gasteiger partial charge in [-0.3, -0.25) is 5.10 Å². The van der Waals surface area contributed by atoms with E-state index in [2.05, 4.69) is 26.5 Å². The molecule has 8 nitrogen and oxygen atoms in total. The quantitative estimate of drug-likeness (QED) is 0.693. The van der Waals surface area contributed by atoms with Crippen molar-refractivity contribution < 1.29 is 4.74 Å². The van der Waals surface area contributed by atoms with E-state index < -0.39 is 0 Å². The van der Waals surface area contributed by atoms with Crippen LogP contribution in [0.25, 0.3) is 0 Å². The van der Waals surface area contributed by atoms with Crippen molar-refractivity contribution in [1.82, 2.24) is 20.2 Å². The van der Waals surface area contributed by atoms with Gasteiger partial charge in [0.15, 0.2) is 0 Å². The van der Waals surface area contributed by atoms with Crippen molar-refractivity contribution in [2.75, 3.05) is 30.4 Å². The van der Waals surface area contributed by atoms with Crippen LogP contribution >= 0.6 is 0 Å². The number of nitrogens with zero attached hydrogens (tertiary/aromatic N) is 4. The molecular weight excluding hydrogens is 330 g/mol. The fourth-order valence-corrected chi connectivity index (χ4v) is 3.62.